The molecular formula is C25H20Cl2F2N4O. The van der Waals surface area contributed by atoms with Crippen LogP contribution in [0.3, 0.4) is 0 Å². The van der Waals surface area contributed by atoms with Crippen LogP contribution in [0.1, 0.15) is 12.8 Å². The Morgan fingerprint density at radius 2 is 1.74 bits per heavy atom. The Hall–Kier alpha value is -3.00. The molecule has 2 aromatic heterocycles. The van der Waals surface area contributed by atoms with E-state index >= 15 is 0 Å². The average molecular weight is 501 g/mol. The molecule has 34 heavy (non-hydrogen) atoms. The molecule has 0 saturated carbocycles. The summed E-state index contributed by atoms with van der Waals surface area (Å²) < 4.78 is 29.2. The standard InChI is InChI=1S/C25H20Cl2F2N4O/c26-19-2-1-3-20(27)23(19)25-24-17(8-11-33(25)34)18(16-5-4-14(28)12-21(16)29)13-22(32-24)31-15-6-9-30-10-7-15/h1-5,8,11-13,15,30H,6-7,9-10H2,(H,31,32). The summed E-state index contributed by atoms with van der Waals surface area (Å²) in [5.74, 6) is -0.904. The number of hydrogen-bond acceptors (Lipinski definition) is 4. The van der Waals surface area contributed by atoms with Crippen molar-refractivity contribution in [1.29, 1.82) is 0 Å². The average Bonchev–Trinajstić information content (AvgIpc) is 2.80. The van der Waals surface area contributed by atoms with E-state index in [1.54, 1.807) is 30.3 Å². The summed E-state index contributed by atoms with van der Waals surface area (Å²) >= 11 is 12.9. The Morgan fingerprint density at radius 1 is 1.00 bits per heavy atom. The van der Waals surface area contributed by atoms with Crippen LogP contribution in [-0.4, -0.2) is 24.1 Å². The van der Waals surface area contributed by atoms with E-state index in [0.717, 1.165) is 32.0 Å². The molecule has 1 saturated heterocycles. The Bertz CT molecular complexity index is 1370. The van der Waals surface area contributed by atoms with Crippen molar-refractivity contribution in [3.8, 4) is 22.4 Å². The monoisotopic (exact) mass is 500 g/mol. The number of halogens is 4. The van der Waals surface area contributed by atoms with Crippen LogP contribution in [0.15, 0.2) is 54.7 Å². The van der Waals surface area contributed by atoms with Gasteiger partial charge in [0.2, 0.25) is 0 Å². The summed E-state index contributed by atoms with van der Waals surface area (Å²) in [6, 6.07) is 11.8. The van der Waals surface area contributed by atoms with Gasteiger partial charge in [0.05, 0.1) is 15.6 Å². The van der Waals surface area contributed by atoms with E-state index in [1.807, 2.05) is 0 Å². The number of benzene rings is 2. The highest BCUT2D eigenvalue weighted by molar-refractivity contribution is 6.39. The molecule has 1 aliphatic heterocycles. The van der Waals surface area contributed by atoms with Gasteiger partial charge in [-0.15, -0.1) is 0 Å². The minimum atomic E-state index is -0.712. The summed E-state index contributed by atoms with van der Waals surface area (Å²) in [5.41, 5.74) is 1.48. The molecule has 5 nitrogen and oxygen atoms in total. The van der Waals surface area contributed by atoms with Crippen LogP contribution < -0.4 is 15.4 Å². The van der Waals surface area contributed by atoms with Gasteiger partial charge < -0.3 is 15.8 Å². The molecule has 1 fully saturated rings. The Morgan fingerprint density at radius 3 is 2.44 bits per heavy atom. The number of fused-ring (bicyclic) bond motifs is 1. The summed E-state index contributed by atoms with van der Waals surface area (Å²) in [6.45, 7) is 1.73. The highest BCUT2D eigenvalue weighted by Crippen LogP contribution is 2.39. The van der Waals surface area contributed by atoms with Crippen LogP contribution in [0.5, 0.6) is 0 Å². The maximum Gasteiger partial charge on any atom is 0.253 e. The smallest absolute Gasteiger partial charge is 0.253 e. The second-order valence-corrected chi connectivity index (χ2v) is 9.01. The van der Waals surface area contributed by atoms with E-state index in [1.165, 1.54) is 18.3 Å². The molecular weight excluding hydrogens is 481 g/mol. The van der Waals surface area contributed by atoms with Crippen molar-refractivity contribution >= 4 is 39.9 Å². The molecule has 3 heterocycles. The van der Waals surface area contributed by atoms with Crippen LogP contribution >= 0.6 is 23.2 Å². The second kappa shape index (κ2) is 9.33. The zero-order chi connectivity index (χ0) is 23.8. The lowest BCUT2D eigenvalue weighted by atomic mass is 9.98. The van der Waals surface area contributed by atoms with Gasteiger partial charge in [-0.3, -0.25) is 0 Å². The van der Waals surface area contributed by atoms with Crippen molar-refractivity contribution in [1.82, 2.24) is 10.3 Å². The van der Waals surface area contributed by atoms with E-state index in [0.29, 0.717) is 32.6 Å². The van der Waals surface area contributed by atoms with Gasteiger partial charge in [0.15, 0.2) is 6.20 Å². The predicted octanol–water partition coefficient (Wildman–Crippen LogP) is 5.95. The summed E-state index contributed by atoms with van der Waals surface area (Å²) in [6.07, 6.45) is 3.09. The van der Waals surface area contributed by atoms with Crippen molar-refractivity contribution in [2.45, 2.75) is 18.9 Å². The number of aromatic nitrogens is 2. The number of piperidine rings is 1. The fourth-order valence-electron chi connectivity index (χ4n) is 4.36. The third-order valence-electron chi connectivity index (χ3n) is 5.99. The van der Waals surface area contributed by atoms with Crippen LogP contribution in [0.4, 0.5) is 14.6 Å². The fourth-order valence-corrected chi connectivity index (χ4v) is 4.93. The first-order chi connectivity index (χ1) is 16.4. The van der Waals surface area contributed by atoms with Gasteiger partial charge in [-0.25, -0.2) is 13.8 Å². The molecule has 2 N–H and O–H groups in total. The van der Waals surface area contributed by atoms with Crippen LogP contribution in [0.25, 0.3) is 33.3 Å². The van der Waals surface area contributed by atoms with Gasteiger partial charge in [-0.1, -0.05) is 29.3 Å². The molecule has 5 rings (SSSR count). The van der Waals surface area contributed by atoms with Gasteiger partial charge in [0, 0.05) is 29.1 Å². The fraction of sp³-hybridized carbons (Fsp3) is 0.200. The molecule has 0 spiro atoms. The second-order valence-electron chi connectivity index (χ2n) is 8.20. The Labute approximate surface area is 204 Å². The molecule has 174 valence electrons. The minimum absolute atomic E-state index is 0.158. The first-order valence-corrected chi connectivity index (χ1v) is 11.6. The molecule has 0 aliphatic carbocycles. The van der Waals surface area contributed by atoms with Crippen molar-refractivity contribution in [3.05, 3.63) is 81.6 Å². The highest BCUT2D eigenvalue weighted by atomic mass is 35.5. The molecule has 0 atom stereocenters. The molecule has 2 aromatic carbocycles. The molecule has 0 radical (unpaired) electrons. The largest absolute Gasteiger partial charge is 0.618 e. The third-order valence-corrected chi connectivity index (χ3v) is 6.62. The minimum Gasteiger partial charge on any atom is -0.618 e. The molecule has 9 heteroatoms. The van der Waals surface area contributed by atoms with Gasteiger partial charge in [0.1, 0.15) is 23.0 Å². The normalized spacial score (nSPS) is 14.5. The highest BCUT2D eigenvalue weighted by Gasteiger charge is 2.25. The molecule has 4 aromatic rings. The van der Waals surface area contributed by atoms with E-state index in [2.05, 4.69) is 10.6 Å². The lowest BCUT2D eigenvalue weighted by Crippen LogP contribution is -2.35. The number of nitrogens with zero attached hydrogens (tertiary/aromatic N) is 2. The summed E-state index contributed by atoms with van der Waals surface area (Å²) in [4.78, 5) is 4.76. The van der Waals surface area contributed by atoms with E-state index < -0.39 is 11.6 Å². The van der Waals surface area contributed by atoms with Crippen LogP contribution in [-0.2, 0) is 0 Å². The molecule has 0 amide bonds. The van der Waals surface area contributed by atoms with Crippen LogP contribution in [0, 0.1) is 16.8 Å². The predicted molar refractivity (Wildman–Crippen MR) is 131 cm³/mol. The van der Waals surface area contributed by atoms with Crippen molar-refractivity contribution in [2.75, 3.05) is 18.4 Å². The van der Waals surface area contributed by atoms with Crippen molar-refractivity contribution < 1.29 is 13.5 Å². The third kappa shape index (κ3) is 4.27. The molecule has 1 aliphatic rings. The van der Waals surface area contributed by atoms with Crippen molar-refractivity contribution in [3.63, 3.8) is 0 Å². The number of pyridine rings is 2. The van der Waals surface area contributed by atoms with E-state index in [4.69, 9.17) is 28.2 Å². The lowest BCUT2D eigenvalue weighted by molar-refractivity contribution is -0.592. The first-order valence-electron chi connectivity index (χ1n) is 10.9. The Balaban J connectivity index is 1.80. The van der Waals surface area contributed by atoms with E-state index in [-0.39, 0.29) is 27.3 Å². The van der Waals surface area contributed by atoms with Gasteiger partial charge in [-0.05, 0) is 61.8 Å². The van der Waals surface area contributed by atoms with Gasteiger partial charge >= 0.3 is 0 Å². The van der Waals surface area contributed by atoms with Gasteiger partial charge in [-0.2, -0.15) is 4.73 Å². The maximum absolute atomic E-state index is 14.9. The molecule has 0 unspecified atom stereocenters. The van der Waals surface area contributed by atoms with Crippen LogP contribution in [0.2, 0.25) is 10.0 Å². The molecule has 0 bridgehead atoms. The topological polar surface area (TPSA) is 63.9 Å². The number of nitrogens with one attached hydrogen (secondary N) is 2. The zero-order valence-electron chi connectivity index (χ0n) is 17.9. The summed E-state index contributed by atoms with van der Waals surface area (Å²) in [7, 11) is 0. The first kappa shape index (κ1) is 22.8. The van der Waals surface area contributed by atoms with Gasteiger partial charge in [0.25, 0.3) is 5.69 Å². The lowest BCUT2D eigenvalue weighted by Gasteiger charge is -2.25. The quantitative estimate of drug-likeness (QED) is 0.268. The Kier molecular flexibility index (Phi) is 6.25. The number of hydrogen-bond donors (Lipinski definition) is 2. The number of rotatable bonds is 4. The number of anilines is 1. The zero-order valence-corrected chi connectivity index (χ0v) is 19.4. The SMILES string of the molecule is [O-][n+]1ccc2c(-c3ccc(F)cc3F)cc(NC3CCNCC3)nc2c1-c1c(Cl)cccc1Cl. The van der Waals surface area contributed by atoms with Crippen molar-refractivity contribution in [2.24, 2.45) is 0 Å². The van der Waals surface area contributed by atoms with E-state index in [9.17, 15) is 14.0 Å². The maximum atomic E-state index is 14.9. The summed E-state index contributed by atoms with van der Waals surface area (Å²) in [5, 5.41) is 20.8.